The molecule has 1 aliphatic heterocycles. The van der Waals surface area contributed by atoms with Crippen LogP contribution in [0.25, 0.3) is 32.4 Å². The zero-order valence-electron chi connectivity index (χ0n) is 15.9. The summed E-state index contributed by atoms with van der Waals surface area (Å²) in [5, 5.41) is 0. The van der Waals surface area contributed by atoms with E-state index in [1.54, 1.807) is 6.07 Å². The maximum absolute atomic E-state index is 14.5. The van der Waals surface area contributed by atoms with Crippen molar-refractivity contribution in [3.8, 4) is 38.1 Å². The maximum atomic E-state index is 14.5. The molecule has 3 aromatic heterocycles. The molecule has 1 aliphatic rings. The molecule has 0 unspecified atom stereocenters. The molecule has 0 bridgehead atoms. The third-order valence-electron chi connectivity index (χ3n) is 4.88. The van der Waals surface area contributed by atoms with Gasteiger partial charge in [-0.25, -0.2) is 13.8 Å². The van der Waals surface area contributed by atoms with Crippen molar-refractivity contribution in [1.29, 1.82) is 0 Å². The van der Waals surface area contributed by atoms with Crippen LogP contribution in [0, 0.1) is 11.6 Å². The number of hydrogen-bond acceptors (Lipinski definition) is 6. The van der Waals surface area contributed by atoms with Gasteiger partial charge in [0.15, 0.2) is 0 Å². The highest BCUT2D eigenvalue weighted by Gasteiger charge is 2.24. The number of fused-ring (bicyclic) bond motifs is 3. The van der Waals surface area contributed by atoms with Gasteiger partial charge in [0.1, 0.15) is 40.2 Å². The Morgan fingerprint density at radius 3 is 2.61 bits per heavy atom. The number of benzene rings is 1. The average molecular weight is 436 g/mol. The van der Waals surface area contributed by atoms with Gasteiger partial charge in [-0.05, 0) is 35.9 Å². The summed E-state index contributed by atoms with van der Waals surface area (Å²) in [6, 6.07) is 8.49. The minimum Gasteiger partial charge on any atom is -0.491 e. The highest BCUT2D eigenvalue weighted by Crippen LogP contribution is 2.44. The Morgan fingerprint density at radius 1 is 1.03 bits per heavy atom. The topological polar surface area (TPSA) is 91.0 Å². The van der Waals surface area contributed by atoms with Gasteiger partial charge in [0.05, 0.1) is 16.4 Å². The number of thiophene rings is 1. The van der Waals surface area contributed by atoms with Crippen molar-refractivity contribution in [2.24, 2.45) is 5.73 Å². The Morgan fingerprint density at radius 2 is 1.84 bits per heavy atom. The number of ether oxygens (including phenoxy) is 1. The van der Waals surface area contributed by atoms with E-state index in [-0.39, 0.29) is 11.3 Å². The fourth-order valence-corrected chi connectivity index (χ4v) is 4.66. The van der Waals surface area contributed by atoms with E-state index < -0.39 is 17.5 Å². The smallest absolute Gasteiger partial charge is 0.267 e. The third kappa shape index (κ3) is 3.42. The zero-order valence-corrected chi connectivity index (χ0v) is 16.7. The van der Waals surface area contributed by atoms with E-state index in [9.17, 15) is 13.6 Å². The number of nitrogens with two attached hydrogens (primary N) is 1. The van der Waals surface area contributed by atoms with E-state index in [0.717, 1.165) is 21.4 Å². The first-order valence-electron chi connectivity index (χ1n) is 9.35. The monoisotopic (exact) mass is 436 g/mol. The number of amides is 1. The van der Waals surface area contributed by atoms with Crippen LogP contribution >= 0.6 is 11.3 Å². The molecule has 0 atom stereocenters. The van der Waals surface area contributed by atoms with Crippen LogP contribution in [0.15, 0.2) is 48.8 Å². The molecular formula is C22H14F2N4O2S. The second-order valence-electron chi connectivity index (χ2n) is 6.85. The Balaban J connectivity index is 1.67. The van der Waals surface area contributed by atoms with Crippen LogP contribution in [0.1, 0.15) is 16.1 Å². The third-order valence-corrected chi connectivity index (χ3v) is 6.07. The number of nitrogens with zero attached hydrogens (tertiary/aromatic N) is 3. The molecular weight excluding hydrogens is 422 g/mol. The number of carbonyl (C=O) groups excluding carboxylic acids is 1. The van der Waals surface area contributed by atoms with E-state index >= 15 is 0 Å². The molecule has 0 aliphatic carbocycles. The Hall–Kier alpha value is -3.72. The van der Waals surface area contributed by atoms with Gasteiger partial charge in [-0.1, -0.05) is 0 Å². The van der Waals surface area contributed by atoms with E-state index in [1.165, 1.54) is 41.9 Å². The number of halogens is 2. The number of carbonyl (C=O) groups is 1. The van der Waals surface area contributed by atoms with Crippen molar-refractivity contribution >= 4 is 17.2 Å². The predicted octanol–water partition coefficient (Wildman–Crippen LogP) is 4.25. The van der Waals surface area contributed by atoms with Gasteiger partial charge < -0.3 is 10.5 Å². The van der Waals surface area contributed by atoms with Crippen LogP contribution in [-0.4, -0.2) is 27.5 Å². The lowest BCUT2D eigenvalue weighted by molar-refractivity contribution is 0.0995. The van der Waals surface area contributed by atoms with Crippen molar-refractivity contribution in [3.05, 3.63) is 71.7 Å². The average Bonchev–Trinajstić information content (AvgIpc) is 3.10. The highest BCUT2D eigenvalue weighted by atomic mass is 32.1. The minimum absolute atomic E-state index is 0.138. The number of pyridine rings is 1. The first-order valence-corrected chi connectivity index (χ1v) is 10.2. The molecule has 154 valence electrons. The Bertz CT molecular complexity index is 1340. The lowest BCUT2D eigenvalue weighted by Crippen LogP contribution is -2.13. The second-order valence-corrected chi connectivity index (χ2v) is 7.90. The minimum atomic E-state index is -0.716. The van der Waals surface area contributed by atoms with Crippen molar-refractivity contribution in [2.45, 2.75) is 6.42 Å². The van der Waals surface area contributed by atoms with E-state index in [4.69, 9.17) is 10.5 Å². The molecule has 9 heteroatoms. The van der Waals surface area contributed by atoms with Crippen molar-refractivity contribution in [3.63, 3.8) is 0 Å². The van der Waals surface area contributed by atoms with Crippen LogP contribution < -0.4 is 10.5 Å². The molecule has 0 saturated heterocycles. The van der Waals surface area contributed by atoms with E-state index in [2.05, 4.69) is 15.0 Å². The van der Waals surface area contributed by atoms with Gasteiger partial charge in [0.2, 0.25) is 0 Å². The second kappa shape index (κ2) is 7.51. The zero-order chi connectivity index (χ0) is 21.5. The van der Waals surface area contributed by atoms with Gasteiger partial charge in [0.25, 0.3) is 5.91 Å². The summed E-state index contributed by atoms with van der Waals surface area (Å²) in [6.07, 6.45) is 3.60. The Kier molecular flexibility index (Phi) is 4.67. The summed E-state index contributed by atoms with van der Waals surface area (Å²) in [4.78, 5) is 26.3. The lowest BCUT2D eigenvalue weighted by atomic mass is 10.1. The fourth-order valence-electron chi connectivity index (χ4n) is 3.46. The predicted molar refractivity (Wildman–Crippen MR) is 112 cm³/mol. The lowest BCUT2D eigenvalue weighted by Gasteiger charge is -2.08. The van der Waals surface area contributed by atoms with Crippen molar-refractivity contribution in [2.75, 3.05) is 6.61 Å². The SMILES string of the molecule is NC(=O)c1ccc2c(n1)-c1sc(-c3nccnc3-c3ccc(F)cc3F)cc1CCO2. The molecule has 4 heterocycles. The number of hydrogen-bond donors (Lipinski definition) is 1. The summed E-state index contributed by atoms with van der Waals surface area (Å²) < 4.78 is 33.6. The summed E-state index contributed by atoms with van der Waals surface area (Å²) in [7, 11) is 0. The van der Waals surface area contributed by atoms with Crippen LogP contribution in [-0.2, 0) is 6.42 Å². The molecule has 0 radical (unpaired) electrons. The molecule has 2 N–H and O–H groups in total. The van der Waals surface area contributed by atoms with Crippen LogP contribution in [0.4, 0.5) is 8.78 Å². The number of aromatic nitrogens is 3. The largest absolute Gasteiger partial charge is 0.491 e. The first-order chi connectivity index (χ1) is 15.0. The number of rotatable bonds is 3. The standard InChI is InChI=1S/C22H14F2N4O2S/c23-12-1-2-13(14(24)10-12)18-20(27-7-6-26-18)17-9-11-5-8-30-16-4-3-15(22(25)29)28-19(16)21(11)31-17/h1-4,6-7,9-10H,5,8H2,(H2,25,29). The molecule has 5 rings (SSSR count). The molecule has 1 aromatic carbocycles. The highest BCUT2D eigenvalue weighted by molar-refractivity contribution is 7.19. The number of primary amides is 1. The van der Waals surface area contributed by atoms with Crippen molar-refractivity contribution in [1.82, 2.24) is 15.0 Å². The maximum Gasteiger partial charge on any atom is 0.267 e. The first kappa shape index (κ1) is 19.3. The summed E-state index contributed by atoms with van der Waals surface area (Å²) in [6.45, 7) is 0.438. The molecule has 0 fully saturated rings. The molecule has 4 aromatic rings. The van der Waals surface area contributed by atoms with E-state index in [0.29, 0.717) is 35.9 Å². The summed E-state index contributed by atoms with van der Waals surface area (Å²) >= 11 is 1.39. The van der Waals surface area contributed by atoms with Gasteiger partial charge >= 0.3 is 0 Å². The molecule has 0 spiro atoms. The van der Waals surface area contributed by atoms with Crippen LogP contribution in [0.3, 0.4) is 0 Å². The van der Waals surface area contributed by atoms with Crippen LogP contribution in [0.2, 0.25) is 0 Å². The summed E-state index contributed by atoms with van der Waals surface area (Å²) in [5.41, 5.74) is 7.96. The molecule has 6 nitrogen and oxygen atoms in total. The normalized spacial score (nSPS) is 12.5. The molecule has 0 saturated carbocycles. The van der Waals surface area contributed by atoms with Gasteiger partial charge in [0, 0.05) is 30.4 Å². The summed E-state index contributed by atoms with van der Waals surface area (Å²) in [5.74, 6) is -1.46. The van der Waals surface area contributed by atoms with E-state index in [1.807, 2.05) is 6.07 Å². The van der Waals surface area contributed by atoms with Gasteiger partial charge in [-0.3, -0.25) is 14.8 Å². The van der Waals surface area contributed by atoms with Crippen molar-refractivity contribution < 1.29 is 18.3 Å². The molecule has 1 amide bonds. The molecule has 31 heavy (non-hydrogen) atoms. The fraction of sp³-hybridized carbons (Fsp3) is 0.0909. The quantitative estimate of drug-likeness (QED) is 0.519. The van der Waals surface area contributed by atoms with Gasteiger partial charge in [-0.2, -0.15) is 0 Å². The van der Waals surface area contributed by atoms with Crippen LogP contribution in [0.5, 0.6) is 5.75 Å². The Labute approximate surface area is 179 Å². The van der Waals surface area contributed by atoms with Gasteiger partial charge in [-0.15, -0.1) is 11.3 Å².